The number of imidazole rings is 1. The number of nitrogens with zero attached hydrogens (tertiary/aromatic N) is 17. The number of aryl methyl sites for hydroxylation is 6. The Balaban J connectivity index is 0.000000143. The van der Waals surface area contributed by atoms with Gasteiger partial charge in [-0.1, -0.05) is 102 Å². The maximum absolute atomic E-state index is 12.9. The molecule has 0 bridgehead atoms. The number of methoxy groups -OCH3 is 2. The highest BCUT2D eigenvalue weighted by molar-refractivity contribution is 7.16. The van der Waals surface area contributed by atoms with Crippen LogP contribution < -0.4 is 5.32 Å². The average Bonchev–Trinajstić information content (AvgIpc) is 1.60. The van der Waals surface area contributed by atoms with Gasteiger partial charge in [-0.05, 0) is 195 Å². The molecular formula is C97H107Cl4N19O9S4. The number of carbonyl (C=O) groups is 4. The zero-order valence-electron chi connectivity index (χ0n) is 78.2. The summed E-state index contributed by atoms with van der Waals surface area (Å²) >= 11 is 31.4. The van der Waals surface area contributed by atoms with Crippen LogP contribution in [-0.4, -0.2) is 160 Å². The third-order valence-electron chi connectivity index (χ3n) is 22.3. The first-order valence-electron chi connectivity index (χ1n) is 43.6. The molecule has 13 heterocycles. The van der Waals surface area contributed by atoms with Crippen molar-refractivity contribution in [3.8, 4) is 20.0 Å². The van der Waals surface area contributed by atoms with Crippen LogP contribution in [0.25, 0.3) is 20.0 Å². The first-order valence-corrected chi connectivity index (χ1v) is 48.4. The van der Waals surface area contributed by atoms with Gasteiger partial charge in [0.2, 0.25) is 5.91 Å². The Labute approximate surface area is 809 Å². The number of hydrogen-bond acceptors (Lipinski definition) is 26. The van der Waals surface area contributed by atoms with Gasteiger partial charge in [0.15, 0.2) is 29.1 Å². The first-order chi connectivity index (χ1) is 63.2. The highest BCUT2D eigenvalue weighted by atomic mass is 35.5. The highest BCUT2D eigenvalue weighted by Gasteiger charge is 2.40. The summed E-state index contributed by atoms with van der Waals surface area (Å²) in [6.07, 6.45) is 5.75. The molecule has 13 aromatic rings. The van der Waals surface area contributed by atoms with Crippen LogP contribution in [0.2, 0.25) is 20.1 Å². The number of aromatic nitrogens is 14. The SMILES string of the molecule is CCc1nnc2n1-c1sc(C)c(C)c1C(c1ccc(Cl)cc1)=NC2CC(=O)OC(C)(C)C.COCCc1nnc2n1-c1sc(C)c(C)c1C(c1ccc(Cl)cc1)=NC2CC(=O)OC(C)(C)C.COCc1nnc2n1-c1sc(C)c(C)c1C(c1ccc(Cl)cc1)=NC2CC(=O)OC(C)(C)C.Cc1sc2c(c1C)C(c1ccc(Cl)cc1)=NC(CC(=O)NCCc1cnc[nH]1)c1nnc(C)n1-2. The van der Waals surface area contributed by atoms with Crippen LogP contribution in [0.3, 0.4) is 0 Å². The van der Waals surface area contributed by atoms with Crippen molar-refractivity contribution in [3.05, 3.63) is 268 Å². The number of hydrogen-bond donors (Lipinski definition) is 2. The summed E-state index contributed by atoms with van der Waals surface area (Å²) in [4.78, 5) is 83.7. The number of thiophene rings is 4. The Hall–Kier alpha value is -10.9. The molecule has 133 heavy (non-hydrogen) atoms. The van der Waals surface area contributed by atoms with Crippen molar-refractivity contribution >= 4 is 138 Å². The van der Waals surface area contributed by atoms with Gasteiger partial charge in [-0.3, -0.25) is 57.4 Å². The van der Waals surface area contributed by atoms with Gasteiger partial charge in [-0.15, -0.1) is 86.1 Å². The van der Waals surface area contributed by atoms with E-state index in [0.717, 1.165) is 134 Å². The van der Waals surface area contributed by atoms with Crippen molar-refractivity contribution in [2.24, 2.45) is 20.0 Å². The fourth-order valence-corrected chi connectivity index (χ4v) is 21.0. The van der Waals surface area contributed by atoms with Gasteiger partial charge in [0.05, 0.1) is 61.5 Å². The van der Waals surface area contributed by atoms with Crippen LogP contribution in [0.4, 0.5) is 0 Å². The monoisotopic (exact) mass is 1950 g/mol. The van der Waals surface area contributed by atoms with Crippen LogP contribution in [0.5, 0.6) is 0 Å². The van der Waals surface area contributed by atoms with Crippen LogP contribution in [0.1, 0.15) is 258 Å². The van der Waals surface area contributed by atoms with Gasteiger partial charge in [-0.25, -0.2) is 4.98 Å². The van der Waals surface area contributed by atoms with Gasteiger partial charge in [-0.2, -0.15) is 0 Å². The molecule has 4 aromatic carbocycles. The van der Waals surface area contributed by atoms with Gasteiger partial charge >= 0.3 is 17.9 Å². The molecule has 2 N–H and O–H groups in total. The summed E-state index contributed by atoms with van der Waals surface area (Å²) in [5.41, 5.74) is 15.0. The average molecular weight is 1950 g/mol. The van der Waals surface area contributed by atoms with Crippen molar-refractivity contribution in [1.29, 1.82) is 0 Å². The second-order valence-corrected chi connectivity index (χ2v) is 42.1. The molecule has 28 nitrogen and oxygen atoms in total. The van der Waals surface area contributed by atoms with Gasteiger partial charge in [0.1, 0.15) is 85.1 Å². The number of fused-ring (bicyclic) bond motifs is 12. The minimum absolute atomic E-state index is 0.0481. The summed E-state index contributed by atoms with van der Waals surface area (Å²) in [6, 6.07) is 28.4. The Kier molecular flexibility index (Phi) is 30.3. The number of aromatic amines is 1. The summed E-state index contributed by atoms with van der Waals surface area (Å²) < 4.78 is 35.7. The Bertz CT molecular complexity index is 6610. The maximum atomic E-state index is 12.9. The topological polar surface area (TPSA) is 327 Å². The molecule has 4 unspecified atom stereocenters. The standard InChI is InChI=1S/C25H29ClN4O3S.C24H24ClN7OS.C24H27ClN4O3S.C24H27ClN4O2S/c1-14-15(2)34-24-21(14)22(16-7-9-17(26)10-8-16)27-18(13-20(31)33-25(3,4)5)23-29-28-19(30(23)24)11-12-32-6;1-13-14(2)34-24-21(13)22(16-4-6-17(25)7-5-16)29-19(23-31-30-15(3)32(23)24)10-20(33)27-9-8-18-11-26-12-28-18;1-13-14(2)33-23-20(13)21(15-7-9-16(25)10-8-15)26-17(11-19(30)32-24(3,4)5)22-28-27-18(12-31-6)29(22)23;1-7-18-27-28-22-17(12-19(30)31-24(4,5)6)26-21(15-8-10-16(25)11-9-15)20-13(2)14(3)32-23(20)29(18)22/h7-10,18H,11-13H2,1-6H3;4-7,11-12,19H,8-10H2,1-3H3,(H,26,28)(H,27,33);7-10,17H,11-12H2,1-6H3;8-11,17H,7,12H2,1-6H3. The molecule has 0 spiro atoms. The van der Waals surface area contributed by atoms with Crippen molar-refractivity contribution < 1.29 is 42.9 Å². The van der Waals surface area contributed by atoms with E-state index in [2.05, 4.69) is 132 Å². The van der Waals surface area contributed by atoms with E-state index in [1.165, 1.54) is 25.1 Å². The highest BCUT2D eigenvalue weighted by Crippen LogP contribution is 2.46. The minimum atomic E-state index is -0.592. The fraction of sp³-hybridized carbons (Fsp3) is 0.392. The van der Waals surface area contributed by atoms with Crippen molar-refractivity contribution in [2.45, 2.75) is 224 Å². The summed E-state index contributed by atoms with van der Waals surface area (Å²) in [5.74, 6) is 4.56. The lowest BCUT2D eigenvalue weighted by Crippen LogP contribution is -2.27. The second kappa shape index (κ2) is 41.1. The maximum Gasteiger partial charge on any atom is 0.308 e. The molecular weight excluding hydrogens is 1850 g/mol. The zero-order chi connectivity index (χ0) is 95.6. The van der Waals surface area contributed by atoms with E-state index in [1.54, 1.807) is 72.1 Å². The van der Waals surface area contributed by atoms with E-state index >= 15 is 0 Å². The van der Waals surface area contributed by atoms with E-state index < -0.39 is 41.0 Å². The van der Waals surface area contributed by atoms with Crippen molar-refractivity contribution in [2.75, 3.05) is 27.4 Å². The first kappa shape index (κ1) is 98.1. The predicted octanol–water partition coefficient (Wildman–Crippen LogP) is 20.8. The minimum Gasteiger partial charge on any atom is -0.460 e. The number of halogens is 4. The van der Waals surface area contributed by atoms with Crippen molar-refractivity contribution in [1.82, 2.24) is 74.3 Å². The number of rotatable bonds is 21. The van der Waals surface area contributed by atoms with Crippen LogP contribution in [0.15, 0.2) is 130 Å². The molecule has 4 atom stereocenters. The van der Waals surface area contributed by atoms with E-state index in [0.29, 0.717) is 75.2 Å². The lowest BCUT2D eigenvalue weighted by Gasteiger charge is -2.21. The molecule has 0 saturated heterocycles. The van der Waals surface area contributed by atoms with Crippen LogP contribution in [-0.2, 0) is 68.7 Å². The summed E-state index contributed by atoms with van der Waals surface area (Å²) in [6.45, 7) is 38.8. The lowest BCUT2D eigenvalue weighted by atomic mass is 9.99. The molecule has 4 aliphatic rings. The molecule has 4 aliphatic heterocycles. The zero-order valence-corrected chi connectivity index (χ0v) is 84.5. The molecule has 0 aliphatic carbocycles. The molecule has 1 amide bonds. The molecule has 696 valence electrons. The number of benzene rings is 4. The summed E-state index contributed by atoms with van der Waals surface area (Å²) in [5, 5.41) is 45.1. The fourth-order valence-electron chi connectivity index (χ4n) is 15.7. The largest absolute Gasteiger partial charge is 0.460 e. The van der Waals surface area contributed by atoms with E-state index in [4.69, 9.17) is 90.1 Å². The molecule has 0 radical (unpaired) electrons. The molecule has 0 fully saturated rings. The second-order valence-electron chi connectivity index (χ2n) is 35.5. The third-order valence-corrected chi connectivity index (χ3v) is 28.0. The Morgan fingerprint density at radius 1 is 0.406 bits per heavy atom. The van der Waals surface area contributed by atoms with Gasteiger partial charge < -0.3 is 34.0 Å². The number of nitrogens with one attached hydrogen (secondary N) is 2. The van der Waals surface area contributed by atoms with Gasteiger partial charge in [0.25, 0.3) is 0 Å². The lowest BCUT2D eigenvalue weighted by molar-refractivity contribution is -0.156. The number of amides is 1. The van der Waals surface area contributed by atoms with Crippen LogP contribution in [0, 0.1) is 62.3 Å². The van der Waals surface area contributed by atoms with Crippen LogP contribution >= 0.6 is 91.8 Å². The number of carbonyl (C=O) groups excluding carboxylic acids is 4. The number of ether oxygens (including phenoxy) is 5. The van der Waals surface area contributed by atoms with E-state index in [9.17, 15) is 19.2 Å². The molecule has 0 saturated carbocycles. The third kappa shape index (κ3) is 22.2. The molecule has 9 aromatic heterocycles. The smallest absolute Gasteiger partial charge is 0.308 e. The van der Waals surface area contributed by atoms with Crippen molar-refractivity contribution in [3.63, 3.8) is 0 Å². The van der Waals surface area contributed by atoms with E-state index in [-0.39, 0.29) is 56.1 Å². The number of H-pyrrole nitrogens is 1. The number of aliphatic imine (C=N–C) groups is 4. The van der Waals surface area contributed by atoms with Gasteiger partial charge in [0, 0.05) is 136 Å². The Morgan fingerprint density at radius 3 is 1.05 bits per heavy atom. The summed E-state index contributed by atoms with van der Waals surface area (Å²) in [7, 11) is 3.29. The molecule has 17 rings (SSSR count). The normalized spacial score (nSPS) is 15.3. The number of esters is 3. The molecule has 36 heteroatoms. The quantitative estimate of drug-likeness (QED) is 0.0498. The van der Waals surface area contributed by atoms with E-state index in [1.807, 2.05) is 171 Å². The predicted molar refractivity (Wildman–Crippen MR) is 526 cm³/mol. The Morgan fingerprint density at radius 2 is 0.722 bits per heavy atom.